The van der Waals surface area contributed by atoms with Crippen molar-refractivity contribution in [3.63, 3.8) is 0 Å². The Balaban J connectivity index is 2.11. The van der Waals surface area contributed by atoms with Gasteiger partial charge in [0.2, 0.25) is 0 Å². The van der Waals surface area contributed by atoms with Crippen molar-refractivity contribution in [2.24, 2.45) is 5.41 Å². The molecule has 2 bridgehead atoms. The first-order chi connectivity index (χ1) is 4.29. The zero-order valence-corrected chi connectivity index (χ0v) is 7.17. The van der Waals surface area contributed by atoms with Crippen molar-refractivity contribution >= 4 is 15.7 Å². The Kier molecular flexibility index (Phi) is 1.34. The molecular formula is C5H9AsO3. The second kappa shape index (κ2) is 1.96. The molecule has 9 heavy (non-hydrogen) atoms. The van der Waals surface area contributed by atoms with E-state index < -0.39 is 15.7 Å². The van der Waals surface area contributed by atoms with Crippen LogP contribution < -0.4 is 0 Å². The van der Waals surface area contributed by atoms with Gasteiger partial charge < -0.3 is 0 Å². The molecule has 0 unspecified atom stereocenters. The van der Waals surface area contributed by atoms with Crippen molar-refractivity contribution < 1.29 is 11.2 Å². The summed E-state index contributed by atoms with van der Waals surface area (Å²) >= 11 is -1.64. The predicted molar refractivity (Wildman–Crippen MR) is 31.7 cm³/mol. The molecule has 3 aliphatic heterocycles. The van der Waals surface area contributed by atoms with Crippen LogP contribution in [-0.4, -0.2) is 35.5 Å². The SMILES string of the molecule is CC12CO[As](OC1)OC2. The Morgan fingerprint density at radius 3 is 1.78 bits per heavy atom. The quantitative estimate of drug-likeness (QED) is 0.507. The molecule has 0 aromatic carbocycles. The number of fused-ring (bicyclic) bond motifs is 3. The van der Waals surface area contributed by atoms with Crippen LogP contribution in [0.25, 0.3) is 0 Å². The van der Waals surface area contributed by atoms with Gasteiger partial charge in [0.15, 0.2) is 0 Å². The number of rotatable bonds is 0. The normalized spacial score (nSPS) is 49.7. The van der Waals surface area contributed by atoms with Crippen LogP contribution in [0.2, 0.25) is 0 Å². The van der Waals surface area contributed by atoms with Crippen molar-refractivity contribution in [1.29, 1.82) is 0 Å². The fourth-order valence-corrected chi connectivity index (χ4v) is 3.96. The van der Waals surface area contributed by atoms with Crippen LogP contribution in [0.15, 0.2) is 0 Å². The van der Waals surface area contributed by atoms with E-state index in [0.717, 1.165) is 19.8 Å². The molecule has 3 aliphatic rings. The van der Waals surface area contributed by atoms with Gasteiger partial charge in [-0.15, -0.1) is 0 Å². The molecule has 0 saturated carbocycles. The van der Waals surface area contributed by atoms with Gasteiger partial charge in [0.05, 0.1) is 0 Å². The Bertz CT molecular complexity index is 106. The minimum atomic E-state index is -1.64. The van der Waals surface area contributed by atoms with Crippen molar-refractivity contribution in [2.45, 2.75) is 6.92 Å². The summed E-state index contributed by atoms with van der Waals surface area (Å²) in [5.74, 6) is 0. The number of hydrogen-bond acceptors (Lipinski definition) is 3. The molecule has 3 fully saturated rings. The van der Waals surface area contributed by atoms with Gasteiger partial charge in [-0.05, 0) is 0 Å². The zero-order chi connectivity index (χ0) is 6.32. The van der Waals surface area contributed by atoms with E-state index >= 15 is 0 Å². The molecule has 0 radical (unpaired) electrons. The van der Waals surface area contributed by atoms with Crippen LogP contribution >= 0.6 is 0 Å². The summed E-state index contributed by atoms with van der Waals surface area (Å²) in [4.78, 5) is 0. The summed E-state index contributed by atoms with van der Waals surface area (Å²) < 4.78 is 15.8. The van der Waals surface area contributed by atoms with Crippen LogP contribution in [0, 0.1) is 5.41 Å². The second-order valence-electron chi connectivity index (χ2n) is 2.85. The van der Waals surface area contributed by atoms with Crippen molar-refractivity contribution in [1.82, 2.24) is 0 Å². The third-order valence-corrected chi connectivity index (χ3v) is 3.69. The van der Waals surface area contributed by atoms with Gasteiger partial charge >= 0.3 is 59.0 Å². The molecule has 0 aromatic rings. The summed E-state index contributed by atoms with van der Waals surface area (Å²) in [6.45, 7) is 4.64. The molecule has 0 aromatic heterocycles. The Hall–Kier alpha value is 0.438. The number of hydrogen-bond donors (Lipinski definition) is 0. The van der Waals surface area contributed by atoms with Crippen LogP contribution in [0.4, 0.5) is 0 Å². The molecule has 0 aliphatic carbocycles. The molecule has 3 saturated heterocycles. The maximum atomic E-state index is 5.28. The average molecular weight is 192 g/mol. The first-order valence-electron chi connectivity index (χ1n) is 2.97. The molecule has 3 heterocycles. The first kappa shape index (κ1) is 6.17. The predicted octanol–water partition coefficient (Wildman–Crippen LogP) is 0.0546. The van der Waals surface area contributed by atoms with Crippen LogP contribution in [0.1, 0.15) is 6.92 Å². The zero-order valence-electron chi connectivity index (χ0n) is 5.29. The molecular weight excluding hydrogens is 183 g/mol. The van der Waals surface area contributed by atoms with E-state index in [1.165, 1.54) is 0 Å². The average Bonchev–Trinajstić information content (AvgIpc) is 1.90. The van der Waals surface area contributed by atoms with Crippen molar-refractivity contribution in [3.05, 3.63) is 0 Å². The van der Waals surface area contributed by atoms with Crippen LogP contribution in [0.3, 0.4) is 0 Å². The second-order valence-corrected chi connectivity index (χ2v) is 5.42. The molecule has 3 rings (SSSR count). The van der Waals surface area contributed by atoms with Crippen LogP contribution in [0.5, 0.6) is 0 Å². The first-order valence-corrected chi connectivity index (χ1v) is 5.27. The van der Waals surface area contributed by atoms with Gasteiger partial charge in [0.1, 0.15) is 0 Å². The van der Waals surface area contributed by atoms with E-state index in [-0.39, 0.29) is 5.41 Å². The van der Waals surface area contributed by atoms with Gasteiger partial charge in [-0.1, -0.05) is 0 Å². The molecule has 4 heteroatoms. The van der Waals surface area contributed by atoms with E-state index in [9.17, 15) is 0 Å². The molecule has 0 spiro atoms. The molecule has 0 amide bonds. The fraction of sp³-hybridized carbons (Fsp3) is 1.00. The fourth-order valence-electron chi connectivity index (χ4n) is 0.862. The summed E-state index contributed by atoms with van der Waals surface area (Å²) in [7, 11) is 0. The Morgan fingerprint density at radius 2 is 1.56 bits per heavy atom. The molecule has 0 atom stereocenters. The topological polar surface area (TPSA) is 27.7 Å². The van der Waals surface area contributed by atoms with Gasteiger partial charge in [-0.2, -0.15) is 0 Å². The van der Waals surface area contributed by atoms with E-state index in [0.29, 0.717) is 0 Å². The van der Waals surface area contributed by atoms with E-state index in [1.54, 1.807) is 0 Å². The maximum absolute atomic E-state index is 5.28. The van der Waals surface area contributed by atoms with Crippen molar-refractivity contribution in [2.75, 3.05) is 19.8 Å². The Labute approximate surface area is 59.6 Å². The van der Waals surface area contributed by atoms with Crippen molar-refractivity contribution in [3.8, 4) is 0 Å². The standard InChI is InChI=1S/C5H9AsO3/c1-5-2-7-6(8-3-5)9-4-5/h2-4H2,1H3. The monoisotopic (exact) mass is 192 g/mol. The summed E-state index contributed by atoms with van der Waals surface area (Å²) in [6.07, 6.45) is 0. The summed E-state index contributed by atoms with van der Waals surface area (Å²) in [5, 5.41) is 0. The summed E-state index contributed by atoms with van der Waals surface area (Å²) in [5.41, 5.74) is 0.156. The molecule has 0 N–H and O–H groups in total. The Morgan fingerprint density at radius 1 is 1.11 bits per heavy atom. The summed E-state index contributed by atoms with van der Waals surface area (Å²) in [6, 6.07) is 0. The van der Waals surface area contributed by atoms with Gasteiger partial charge in [-0.3, -0.25) is 0 Å². The third-order valence-electron chi connectivity index (χ3n) is 1.56. The van der Waals surface area contributed by atoms with E-state index in [2.05, 4.69) is 6.92 Å². The van der Waals surface area contributed by atoms with Gasteiger partial charge in [0.25, 0.3) is 0 Å². The molecule has 52 valence electrons. The minimum absolute atomic E-state index is 0.156. The van der Waals surface area contributed by atoms with Crippen LogP contribution in [-0.2, 0) is 11.2 Å². The molecule has 3 nitrogen and oxygen atoms in total. The third kappa shape index (κ3) is 1.03. The van der Waals surface area contributed by atoms with Gasteiger partial charge in [0, 0.05) is 0 Å². The van der Waals surface area contributed by atoms with E-state index in [4.69, 9.17) is 11.2 Å². The van der Waals surface area contributed by atoms with Gasteiger partial charge in [-0.25, -0.2) is 0 Å². The van der Waals surface area contributed by atoms with E-state index in [1.807, 2.05) is 0 Å².